The van der Waals surface area contributed by atoms with Gasteiger partial charge in [0, 0.05) is 11.7 Å². The number of esters is 1. The van der Waals surface area contributed by atoms with Gasteiger partial charge in [-0.15, -0.1) is 0 Å². The van der Waals surface area contributed by atoms with E-state index in [-0.39, 0.29) is 34.7 Å². The Hall–Kier alpha value is -2.94. The number of hydrogen-bond acceptors (Lipinski definition) is 5. The molecule has 7 nitrogen and oxygen atoms in total. The molecule has 0 aromatic heterocycles. The van der Waals surface area contributed by atoms with E-state index in [1.165, 1.54) is 36.4 Å². The van der Waals surface area contributed by atoms with Crippen LogP contribution in [0.25, 0.3) is 0 Å². The van der Waals surface area contributed by atoms with Gasteiger partial charge in [-0.1, -0.05) is 0 Å². The summed E-state index contributed by atoms with van der Waals surface area (Å²) in [4.78, 5) is 23.4. The maximum Gasteiger partial charge on any atom is 0.338 e. The van der Waals surface area contributed by atoms with Crippen LogP contribution in [0.15, 0.2) is 53.4 Å². The molecule has 1 aliphatic rings. The molecule has 0 bridgehead atoms. The van der Waals surface area contributed by atoms with Gasteiger partial charge >= 0.3 is 5.97 Å². The number of hydrogen-bond donors (Lipinski definition) is 2. The third kappa shape index (κ3) is 5.27. The Bertz CT molecular complexity index is 939. The summed E-state index contributed by atoms with van der Waals surface area (Å²) in [6.07, 6.45) is 1.86. The normalized spacial score (nSPS) is 13.7. The first kappa shape index (κ1) is 18.8. The van der Waals surface area contributed by atoms with Gasteiger partial charge in [-0.25, -0.2) is 17.6 Å². The van der Waals surface area contributed by atoms with E-state index in [9.17, 15) is 22.4 Å². The smallest absolute Gasteiger partial charge is 0.338 e. The lowest BCUT2D eigenvalue weighted by Crippen LogP contribution is -2.30. The van der Waals surface area contributed by atoms with E-state index in [1.54, 1.807) is 0 Å². The first-order valence-corrected chi connectivity index (χ1v) is 9.67. The Balaban J connectivity index is 1.60. The number of rotatable bonds is 7. The van der Waals surface area contributed by atoms with Crippen molar-refractivity contribution in [1.82, 2.24) is 5.32 Å². The molecule has 1 saturated carbocycles. The van der Waals surface area contributed by atoms with Crippen molar-refractivity contribution < 1.29 is 27.1 Å². The van der Waals surface area contributed by atoms with Crippen molar-refractivity contribution in [2.24, 2.45) is 0 Å². The number of amides is 1. The second-order valence-electron chi connectivity index (χ2n) is 6.05. The second kappa shape index (κ2) is 7.75. The van der Waals surface area contributed by atoms with Crippen LogP contribution in [-0.2, 0) is 19.6 Å². The van der Waals surface area contributed by atoms with Gasteiger partial charge in [0.1, 0.15) is 5.82 Å². The molecule has 142 valence electrons. The van der Waals surface area contributed by atoms with Crippen LogP contribution in [0.2, 0.25) is 0 Å². The van der Waals surface area contributed by atoms with Gasteiger partial charge in [-0.3, -0.25) is 9.52 Å². The Kier molecular flexibility index (Phi) is 5.41. The highest BCUT2D eigenvalue weighted by Gasteiger charge is 2.23. The molecule has 0 unspecified atom stereocenters. The molecule has 0 heterocycles. The summed E-state index contributed by atoms with van der Waals surface area (Å²) in [5.41, 5.74) is 0.330. The molecule has 1 fully saturated rings. The number of anilines is 1. The monoisotopic (exact) mass is 392 g/mol. The molecule has 0 atom stereocenters. The zero-order valence-electron chi connectivity index (χ0n) is 14.1. The van der Waals surface area contributed by atoms with Gasteiger partial charge in [0.2, 0.25) is 0 Å². The quantitative estimate of drug-likeness (QED) is 0.703. The van der Waals surface area contributed by atoms with Gasteiger partial charge in [0.05, 0.1) is 10.5 Å². The minimum absolute atomic E-state index is 0.0742. The van der Waals surface area contributed by atoms with E-state index >= 15 is 0 Å². The predicted octanol–water partition coefficient (Wildman–Crippen LogP) is 2.06. The van der Waals surface area contributed by atoms with Crippen LogP contribution >= 0.6 is 0 Å². The SMILES string of the molecule is O=C(COC(=O)c1ccc(S(=O)(=O)Nc2ccc(F)cc2)cc1)NC1CC1. The number of benzene rings is 2. The minimum atomic E-state index is -3.89. The molecule has 2 aromatic rings. The average molecular weight is 392 g/mol. The topological polar surface area (TPSA) is 102 Å². The molecule has 0 spiro atoms. The highest BCUT2D eigenvalue weighted by Crippen LogP contribution is 2.19. The summed E-state index contributed by atoms with van der Waals surface area (Å²) in [5.74, 6) is -1.57. The Labute approximate surface area is 155 Å². The van der Waals surface area contributed by atoms with E-state index in [0.717, 1.165) is 25.0 Å². The molecule has 27 heavy (non-hydrogen) atoms. The van der Waals surface area contributed by atoms with Gasteiger partial charge in [-0.2, -0.15) is 0 Å². The van der Waals surface area contributed by atoms with Crippen molar-refractivity contribution >= 4 is 27.6 Å². The van der Waals surface area contributed by atoms with E-state index in [2.05, 4.69) is 10.0 Å². The van der Waals surface area contributed by atoms with Gasteiger partial charge in [0.25, 0.3) is 15.9 Å². The molecule has 9 heteroatoms. The maximum atomic E-state index is 12.9. The third-order valence-corrected chi connectivity index (χ3v) is 5.17. The average Bonchev–Trinajstić information content (AvgIpc) is 3.45. The largest absolute Gasteiger partial charge is 0.452 e. The maximum absolute atomic E-state index is 12.9. The zero-order valence-corrected chi connectivity index (χ0v) is 15.0. The molecule has 1 aliphatic carbocycles. The van der Waals surface area contributed by atoms with Crippen LogP contribution in [0.3, 0.4) is 0 Å². The van der Waals surface area contributed by atoms with Crippen molar-refractivity contribution in [2.75, 3.05) is 11.3 Å². The third-order valence-electron chi connectivity index (χ3n) is 3.77. The van der Waals surface area contributed by atoms with E-state index in [0.29, 0.717) is 0 Å². The van der Waals surface area contributed by atoms with Crippen LogP contribution in [0.4, 0.5) is 10.1 Å². The number of sulfonamides is 1. The van der Waals surface area contributed by atoms with E-state index in [1.807, 2.05) is 0 Å². The van der Waals surface area contributed by atoms with E-state index in [4.69, 9.17) is 4.74 Å². The van der Waals surface area contributed by atoms with E-state index < -0.39 is 21.8 Å². The van der Waals surface area contributed by atoms with Crippen LogP contribution in [0.1, 0.15) is 23.2 Å². The molecule has 0 radical (unpaired) electrons. The summed E-state index contributed by atoms with van der Waals surface area (Å²) in [5, 5.41) is 2.69. The number of carbonyl (C=O) groups excluding carboxylic acids is 2. The van der Waals surface area contributed by atoms with Crippen LogP contribution in [0, 0.1) is 5.82 Å². The first-order valence-electron chi connectivity index (χ1n) is 8.18. The highest BCUT2D eigenvalue weighted by atomic mass is 32.2. The molecule has 1 amide bonds. The molecule has 0 aliphatic heterocycles. The molecular weight excluding hydrogens is 375 g/mol. The highest BCUT2D eigenvalue weighted by molar-refractivity contribution is 7.92. The molecular formula is C18H17FN2O5S. The lowest BCUT2D eigenvalue weighted by Gasteiger charge is -2.09. The van der Waals surface area contributed by atoms with Crippen molar-refractivity contribution in [3.05, 3.63) is 59.9 Å². The Morgan fingerprint density at radius 1 is 1.04 bits per heavy atom. The summed E-state index contributed by atoms with van der Waals surface area (Å²) < 4.78 is 44.7. The minimum Gasteiger partial charge on any atom is -0.452 e. The van der Waals surface area contributed by atoms with Gasteiger partial charge in [0.15, 0.2) is 6.61 Å². The fraction of sp³-hybridized carbons (Fsp3) is 0.222. The standard InChI is InChI=1S/C18H17FN2O5S/c19-13-3-5-15(6-4-13)21-27(24,25)16-9-1-12(2-10-16)18(23)26-11-17(22)20-14-7-8-14/h1-6,9-10,14,21H,7-8,11H2,(H,20,22). The number of carbonyl (C=O) groups is 2. The van der Waals surface area contributed by atoms with Gasteiger partial charge < -0.3 is 10.1 Å². The zero-order chi connectivity index (χ0) is 19.4. The van der Waals surface area contributed by atoms with Crippen molar-refractivity contribution in [3.8, 4) is 0 Å². The van der Waals surface area contributed by atoms with Crippen LogP contribution in [-0.4, -0.2) is 32.9 Å². The first-order chi connectivity index (χ1) is 12.8. The van der Waals surface area contributed by atoms with Crippen molar-refractivity contribution in [1.29, 1.82) is 0 Å². The summed E-state index contributed by atoms with van der Waals surface area (Å²) in [7, 11) is -3.89. The summed E-state index contributed by atoms with van der Waals surface area (Å²) in [6, 6.07) is 10.1. The Morgan fingerprint density at radius 2 is 1.67 bits per heavy atom. The van der Waals surface area contributed by atoms with Crippen molar-refractivity contribution in [2.45, 2.75) is 23.8 Å². The van der Waals surface area contributed by atoms with Crippen molar-refractivity contribution in [3.63, 3.8) is 0 Å². The number of nitrogens with one attached hydrogen (secondary N) is 2. The van der Waals surface area contributed by atoms with Gasteiger partial charge in [-0.05, 0) is 61.4 Å². The number of halogens is 1. The lowest BCUT2D eigenvalue weighted by molar-refractivity contribution is -0.124. The molecule has 2 N–H and O–H groups in total. The molecule has 2 aromatic carbocycles. The lowest BCUT2D eigenvalue weighted by atomic mass is 10.2. The van der Waals surface area contributed by atoms with Crippen LogP contribution < -0.4 is 10.0 Å². The molecule has 0 saturated heterocycles. The number of ether oxygens (including phenoxy) is 1. The van der Waals surface area contributed by atoms with Crippen LogP contribution in [0.5, 0.6) is 0 Å². The fourth-order valence-electron chi connectivity index (χ4n) is 2.21. The molecule has 3 rings (SSSR count). The Morgan fingerprint density at radius 3 is 2.26 bits per heavy atom. The second-order valence-corrected chi connectivity index (χ2v) is 7.74. The summed E-state index contributed by atoms with van der Waals surface area (Å²) >= 11 is 0. The fourth-order valence-corrected chi connectivity index (χ4v) is 3.27. The summed E-state index contributed by atoms with van der Waals surface area (Å²) in [6.45, 7) is -0.387. The predicted molar refractivity (Wildman–Crippen MR) is 95.1 cm³/mol.